The largest absolute Gasteiger partial charge is 0.388 e. The van der Waals surface area contributed by atoms with E-state index in [1.165, 1.54) is 4.31 Å². The van der Waals surface area contributed by atoms with Gasteiger partial charge in [-0.2, -0.15) is 0 Å². The van der Waals surface area contributed by atoms with Crippen LogP contribution < -0.4 is 0 Å². The van der Waals surface area contributed by atoms with Gasteiger partial charge in [-0.05, 0) is 43.4 Å². The van der Waals surface area contributed by atoms with Crippen LogP contribution in [0, 0.1) is 22.7 Å². The van der Waals surface area contributed by atoms with Gasteiger partial charge in [0.25, 0.3) is 0 Å². The molecule has 5 nitrogen and oxygen atoms in total. The molecule has 3 fully saturated rings. The van der Waals surface area contributed by atoms with E-state index in [1.54, 1.807) is 6.08 Å². The Balaban J connectivity index is 1.72. The number of hydrogen-bond donors (Lipinski definition) is 1. The molecular formula is C17H25NO4S. The maximum Gasteiger partial charge on any atom is 0.242 e. The molecule has 23 heavy (non-hydrogen) atoms. The summed E-state index contributed by atoms with van der Waals surface area (Å²) < 4.78 is 26.9. The standard InChI is InChI=1S/C17H25NO4S/c1-16(2)11-7-8-17(16)10-23(21,22)18(14(17)9-11)15(20)12-5-3-4-6-13(12)19/h4,6,11-14,19H,3,5,7-10H2,1-2H3/t11-,12-,13+,14-,17-/m1/s1. The van der Waals surface area contributed by atoms with Crippen molar-refractivity contribution >= 4 is 15.9 Å². The third kappa shape index (κ3) is 1.82. The first-order valence-corrected chi connectivity index (χ1v) is 10.2. The second kappa shape index (κ2) is 4.60. The number of fused-ring (bicyclic) bond motifs is 1. The van der Waals surface area contributed by atoms with Crippen molar-refractivity contribution in [2.75, 3.05) is 5.75 Å². The average Bonchev–Trinajstić information content (AvgIpc) is 2.94. The van der Waals surface area contributed by atoms with Crippen molar-refractivity contribution in [2.24, 2.45) is 22.7 Å². The number of amides is 1. The van der Waals surface area contributed by atoms with Crippen molar-refractivity contribution in [3.05, 3.63) is 12.2 Å². The molecule has 0 aromatic rings. The Hall–Kier alpha value is -0.880. The monoisotopic (exact) mass is 339 g/mol. The highest BCUT2D eigenvalue weighted by atomic mass is 32.2. The van der Waals surface area contributed by atoms with Gasteiger partial charge in [-0.3, -0.25) is 4.79 Å². The number of nitrogens with zero attached hydrogens (tertiary/aromatic N) is 1. The van der Waals surface area contributed by atoms with Crippen LogP contribution in [0.4, 0.5) is 0 Å². The van der Waals surface area contributed by atoms with Gasteiger partial charge >= 0.3 is 0 Å². The lowest BCUT2D eigenvalue weighted by molar-refractivity contribution is -0.136. The maximum absolute atomic E-state index is 13.0. The molecule has 1 aliphatic heterocycles. The molecule has 2 saturated carbocycles. The summed E-state index contributed by atoms with van der Waals surface area (Å²) in [5.41, 5.74) is -0.327. The summed E-state index contributed by atoms with van der Waals surface area (Å²) in [5.74, 6) is -0.410. The number of carbonyl (C=O) groups is 1. The fourth-order valence-corrected chi connectivity index (χ4v) is 8.41. The zero-order valence-corrected chi connectivity index (χ0v) is 14.6. The minimum atomic E-state index is -3.58. The van der Waals surface area contributed by atoms with E-state index in [4.69, 9.17) is 0 Å². The van der Waals surface area contributed by atoms with Crippen LogP contribution in [0.25, 0.3) is 0 Å². The molecule has 1 N–H and O–H groups in total. The molecule has 5 atom stereocenters. The van der Waals surface area contributed by atoms with Crippen molar-refractivity contribution in [3.63, 3.8) is 0 Å². The van der Waals surface area contributed by atoms with Crippen molar-refractivity contribution in [3.8, 4) is 0 Å². The normalized spacial score (nSPS) is 46.1. The molecule has 4 aliphatic rings. The Bertz CT molecular complexity index is 683. The summed E-state index contributed by atoms with van der Waals surface area (Å²) >= 11 is 0. The van der Waals surface area contributed by atoms with E-state index in [9.17, 15) is 18.3 Å². The van der Waals surface area contributed by atoms with E-state index < -0.39 is 22.0 Å². The highest BCUT2D eigenvalue weighted by Gasteiger charge is 2.72. The summed E-state index contributed by atoms with van der Waals surface area (Å²) in [5, 5.41) is 10.1. The molecule has 6 heteroatoms. The minimum Gasteiger partial charge on any atom is -0.388 e. The molecular weight excluding hydrogens is 314 g/mol. The highest BCUT2D eigenvalue weighted by molar-refractivity contribution is 7.90. The number of sulfonamides is 1. The predicted molar refractivity (Wildman–Crippen MR) is 85.8 cm³/mol. The molecule has 2 bridgehead atoms. The Morgan fingerprint density at radius 1 is 1.30 bits per heavy atom. The molecule has 1 amide bonds. The first-order valence-electron chi connectivity index (χ1n) is 8.61. The lowest BCUT2D eigenvalue weighted by Gasteiger charge is -2.37. The molecule has 128 valence electrons. The molecule has 0 radical (unpaired) electrons. The molecule has 3 aliphatic carbocycles. The van der Waals surface area contributed by atoms with Crippen LogP contribution in [0.1, 0.15) is 46.0 Å². The van der Waals surface area contributed by atoms with Crippen molar-refractivity contribution in [1.29, 1.82) is 0 Å². The Labute approximate surface area is 137 Å². The number of aliphatic hydroxyl groups excluding tert-OH is 1. The van der Waals surface area contributed by atoms with Gasteiger partial charge in [0.15, 0.2) is 0 Å². The maximum atomic E-state index is 13.0. The van der Waals surface area contributed by atoms with E-state index in [0.29, 0.717) is 18.8 Å². The van der Waals surface area contributed by atoms with E-state index in [0.717, 1.165) is 19.3 Å². The van der Waals surface area contributed by atoms with Gasteiger partial charge in [-0.15, -0.1) is 0 Å². The Morgan fingerprint density at radius 2 is 2.04 bits per heavy atom. The summed E-state index contributed by atoms with van der Waals surface area (Å²) in [6.45, 7) is 4.35. The van der Waals surface area contributed by atoms with E-state index in [2.05, 4.69) is 13.8 Å². The molecule has 1 saturated heterocycles. The van der Waals surface area contributed by atoms with Gasteiger partial charge in [0.1, 0.15) is 0 Å². The van der Waals surface area contributed by atoms with Crippen molar-refractivity contribution in [1.82, 2.24) is 4.31 Å². The summed E-state index contributed by atoms with van der Waals surface area (Å²) in [4.78, 5) is 13.0. The SMILES string of the molecule is CC1(C)[C@@H]2CC[C@]13CS(=O)(=O)N(C(=O)[C@@H]1CCC=C[C@@H]1O)[C@@H]3C2. The first kappa shape index (κ1) is 15.6. The van der Waals surface area contributed by atoms with Gasteiger partial charge in [-0.1, -0.05) is 26.0 Å². The van der Waals surface area contributed by atoms with Crippen molar-refractivity contribution in [2.45, 2.75) is 58.1 Å². The van der Waals surface area contributed by atoms with Crippen LogP contribution in [0.5, 0.6) is 0 Å². The third-order valence-corrected chi connectivity index (χ3v) is 9.25. The zero-order chi connectivity index (χ0) is 16.6. The van der Waals surface area contributed by atoms with Crippen LogP contribution in [0.15, 0.2) is 12.2 Å². The first-order chi connectivity index (χ1) is 10.7. The predicted octanol–water partition coefficient (Wildman–Crippen LogP) is 1.68. The Kier molecular flexibility index (Phi) is 3.13. The van der Waals surface area contributed by atoms with Gasteiger partial charge < -0.3 is 5.11 Å². The number of allylic oxidation sites excluding steroid dienone is 1. The van der Waals surface area contributed by atoms with Crippen LogP contribution in [-0.4, -0.2) is 41.6 Å². The van der Waals surface area contributed by atoms with Gasteiger partial charge in [-0.25, -0.2) is 12.7 Å². The van der Waals surface area contributed by atoms with E-state index in [1.807, 2.05) is 6.08 Å². The lowest BCUT2D eigenvalue weighted by Crippen LogP contribution is -2.48. The quantitative estimate of drug-likeness (QED) is 0.738. The highest BCUT2D eigenvalue weighted by Crippen LogP contribution is 2.70. The van der Waals surface area contributed by atoms with Crippen LogP contribution in [-0.2, 0) is 14.8 Å². The Morgan fingerprint density at radius 3 is 2.70 bits per heavy atom. The smallest absolute Gasteiger partial charge is 0.242 e. The second-order valence-electron chi connectivity index (χ2n) is 8.36. The van der Waals surface area contributed by atoms with Gasteiger partial charge in [0.2, 0.25) is 15.9 Å². The lowest BCUT2D eigenvalue weighted by atomic mass is 9.69. The van der Waals surface area contributed by atoms with Crippen LogP contribution in [0.2, 0.25) is 0 Å². The van der Waals surface area contributed by atoms with Crippen molar-refractivity contribution < 1.29 is 18.3 Å². The summed E-state index contributed by atoms with van der Waals surface area (Å²) in [6, 6.07) is -0.202. The molecule has 0 aromatic carbocycles. The minimum absolute atomic E-state index is 0.0369. The van der Waals surface area contributed by atoms with Crippen LogP contribution in [0.3, 0.4) is 0 Å². The van der Waals surface area contributed by atoms with E-state index >= 15 is 0 Å². The third-order valence-electron chi connectivity index (χ3n) is 7.34. The molecule has 0 aromatic heterocycles. The topological polar surface area (TPSA) is 74.7 Å². The molecule has 1 spiro atoms. The number of carbonyl (C=O) groups excluding carboxylic acids is 1. The fraction of sp³-hybridized carbons (Fsp3) is 0.824. The van der Waals surface area contributed by atoms with E-state index in [-0.39, 0.29) is 28.5 Å². The summed E-state index contributed by atoms with van der Waals surface area (Å²) in [7, 11) is -3.58. The molecule has 0 unspecified atom stereocenters. The second-order valence-corrected chi connectivity index (χ2v) is 10.2. The van der Waals surface area contributed by atoms with Gasteiger partial charge in [0.05, 0.1) is 23.8 Å². The number of hydrogen-bond acceptors (Lipinski definition) is 4. The number of aliphatic hydroxyl groups is 1. The van der Waals surface area contributed by atoms with Gasteiger partial charge in [0, 0.05) is 5.41 Å². The molecule has 1 heterocycles. The zero-order valence-electron chi connectivity index (χ0n) is 13.7. The fourth-order valence-electron chi connectivity index (χ4n) is 5.83. The summed E-state index contributed by atoms with van der Waals surface area (Å²) in [6.07, 6.45) is 6.59. The average molecular weight is 339 g/mol. The molecule has 4 rings (SSSR count). The number of rotatable bonds is 1. The van der Waals surface area contributed by atoms with Crippen LogP contribution >= 0.6 is 0 Å².